The molecule has 146 valence electrons. The van der Waals surface area contributed by atoms with Gasteiger partial charge in [0.25, 0.3) is 5.91 Å². The van der Waals surface area contributed by atoms with Gasteiger partial charge in [0.05, 0.1) is 4.90 Å². The molecule has 0 saturated carbocycles. The predicted octanol–water partition coefficient (Wildman–Crippen LogP) is 2.81. The van der Waals surface area contributed by atoms with Gasteiger partial charge in [-0.15, -0.1) is 0 Å². The molecule has 0 aliphatic carbocycles. The van der Waals surface area contributed by atoms with Crippen molar-refractivity contribution in [2.45, 2.75) is 11.8 Å². The van der Waals surface area contributed by atoms with Crippen LogP contribution in [-0.4, -0.2) is 44.3 Å². The zero-order valence-electron chi connectivity index (χ0n) is 15.8. The Hall–Kier alpha value is -2.97. The number of aromatic nitrogens is 1. The molecule has 0 radical (unpaired) electrons. The lowest BCUT2D eigenvalue weighted by Crippen LogP contribution is -2.23. The SMILES string of the molecule is Cc1ccc2cccc(OCC(=O)Nc3cccc(S(=O)(=O)N(C)C)c3)c2n1. The molecule has 3 aromatic rings. The number of hydrogen-bond donors (Lipinski definition) is 1. The molecule has 0 atom stereocenters. The highest BCUT2D eigenvalue weighted by Gasteiger charge is 2.17. The lowest BCUT2D eigenvalue weighted by Gasteiger charge is -2.13. The summed E-state index contributed by atoms with van der Waals surface area (Å²) in [6, 6.07) is 15.5. The molecule has 0 saturated heterocycles. The van der Waals surface area contributed by atoms with Crippen molar-refractivity contribution in [2.24, 2.45) is 0 Å². The van der Waals surface area contributed by atoms with Crippen molar-refractivity contribution in [3.05, 3.63) is 60.3 Å². The van der Waals surface area contributed by atoms with Crippen LogP contribution in [0.1, 0.15) is 5.69 Å². The molecule has 7 nitrogen and oxygen atoms in total. The Bertz CT molecular complexity index is 1130. The molecule has 0 bridgehead atoms. The van der Waals surface area contributed by atoms with Crippen LogP contribution in [0.2, 0.25) is 0 Å². The molecule has 0 aliphatic heterocycles. The van der Waals surface area contributed by atoms with E-state index in [9.17, 15) is 13.2 Å². The number of carbonyl (C=O) groups excluding carboxylic acids is 1. The summed E-state index contributed by atoms with van der Waals surface area (Å²) in [6.07, 6.45) is 0. The third kappa shape index (κ3) is 4.29. The molecule has 1 aromatic heterocycles. The molecule has 0 spiro atoms. The number of nitrogens with zero attached hydrogens (tertiary/aromatic N) is 2. The Balaban J connectivity index is 1.71. The smallest absolute Gasteiger partial charge is 0.262 e. The first-order valence-corrected chi connectivity index (χ1v) is 10.0. The minimum absolute atomic E-state index is 0.102. The van der Waals surface area contributed by atoms with E-state index in [1.807, 2.05) is 31.2 Å². The van der Waals surface area contributed by atoms with E-state index >= 15 is 0 Å². The van der Waals surface area contributed by atoms with Crippen LogP contribution in [0.5, 0.6) is 5.75 Å². The molecule has 8 heteroatoms. The van der Waals surface area contributed by atoms with Crippen molar-refractivity contribution < 1.29 is 17.9 Å². The first-order chi connectivity index (χ1) is 13.3. The standard InChI is InChI=1S/C20H21N3O4S/c1-14-10-11-15-6-4-9-18(20(15)21-14)27-13-19(24)22-16-7-5-8-17(12-16)28(25,26)23(2)3/h4-12H,13H2,1-3H3,(H,22,24). The maximum absolute atomic E-state index is 12.3. The number of pyridine rings is 1. The fourth-order valence-electron chi connectivity index (χ4n) is 2.62. The molecule has 1 amide bonds. The maximum atomic E-state index is 12.3. The number of rotatable bonds is 6. The van der Waals surface area contributed by atoms with E-state index in [0.717, 1.165) is 15.4 Å². The Labute approximate surface area is 164 Å². The summed E-state index contributed by atoms with van der Waals surface area (Å²) in [5.74, 6) is 0.115. The topological polar surface area (TPSA) is 88.6 Å². The Morgan fingerprint density at radius 2 is 1.86 bits per heavy atom. The number of benzene rings is 2. The second kappa shape index (κ2) is 7.95. The van der Waals surface area contributed by atoms with Gasteiger partial charge in [0.2, 0.25) is 10.0 Å². The van der Waals surface area contributed by atoms with E-state index in [4.69, 9.17) is 4.74 Å². The van der Waals surface area contributed by atoms with E-state index in [2.05, 4.69) is 10.3 Å². The number of anilines is 1. The number of hydrogen-bond acceptors (Lipinski definition) is 5. The molecule has 3 rings (SSSR count). The summed E-state index contributed by atoms with van der Waals surface area (Å²) < 4.78 is 31.2. The maximum Gasteiger partial charge on any atom is 0.262 e. The van der Waals surface area contributed by atoms with Gasteiger partial charge in [0.1, 0.15) is 11.3 Å². The van der Waals surface area contributed by atoms with Crippen LogP contribution >= 0.6 is 0 Å². The van der Waals surface area contributed by atoms with Gasteiger partial charge in [-0.05, 0) is 37.3 Å². The molecule has 0 aliphatic rings. The Morgan fingerprint density at radius 3 is 2.61 bits per heavy atom. The van der Waals surface area contributed by atoms with Gasteiger partial charge in [0, 0.05) is 30.9 Å². The fraction of sp³-hybridized carbons (Fsp3) is 0.200. The van der Waals surface area contributed by atoms with Crippen molar-refractivity contribution in [1.29, 1.82) is 0 Å². The quantitative estimate of drug-likeness (QED) is 0.689. The van der Waals surface area contributed by atoms with Gasteiger partial charge >= 0.3 is 0 Å². The highest BCUT2D eigenvalue weighted by atomic mass is 32.2. The monoisotopic (exact) mass is 399 g/mol. The van der Waals surface area contributed by atoms with Crippen molar-refractivity contribution in [3.63, 3.8) is 0 Å². The molecule has 28 heavy (non-hydrogen) atoms. The lowest BCUT2D eigenvalue weighted by atomic mass is 10.2. The van der Waals surface area contributed by atoms with E-state index in [1.54, 1.807) is 18.2 Å². The number of ether oxygens (including phenoxy) is 1. The highest BCUT2D eigenvalue weighted by molar-refractivity contribution is 7.89. The Kier molecular flexibility index (Phi) is 5.62. The summed E-state index contributed by atoms with van der Waals surface area (Å²) in [7, 11) is -0.671. The fourth-order valence-corrected chi connectivity index (χ4v) is 3.57. The predicted molar refractivity (Wildman–Crippen MR) is 108 cm³/mol. The first kappa shape index (κ1) is 19.8. The number of aryl methyl sites for hydroxylation is 1. The van der Waals surface area contributed by atoms with Crippen molar-refractivity contribution in [2.75, 3.05) is 26.0 Å². The van der Waals surface area contributed by atoms with Crippen LogP contribution in [0.4, 0.5) is 5.69 Å². The van der Waals surface area contributed by atoms with Crippen LogP contribution < -0.4 is 10.1 Å². The van der Waals surface area contributed by atoms with E-state index in [0.29, 0.717) is 17.0 Å². The summed E-state index contributed by atoms with van der Waals surface area (Å²) in [5.41, 5.74) is 1.92. The minimum Gasteiger partial charge on any atom is -0.481 e. The molecule has 2 aromatic carbocycles. The van der Waals surface area contributed by atoms with Crippen LogP contribution in [-0.2, 0) is 14.8 Å². The number of sulfonamides is 1. The summed E-state index contributed by atoms with van der Waals surface area (Å²) >= 11 is 0. The zero-order valence-corrected chi connectivity index (χ0v) is 16.7. The summed E-state index contributed by atoms with van der Waals surface area (Å²) in [5, 5.41) is 3.58. The first-order valence-electron chi connectivity index (χ1n) is 8.59. The normalized spacial score (nSPS) is 11.6. The number of fused-ring (bicyclic) bond motifs is 1. The number of nitrogens with one attached hydrogen (secondary N) is 1. The van der Waals surface area contributed by atoms with Gasteiger partial charge in [-0.1, -0.05) is 24.3 Å². The van der Waals surface area contributed by atoms with Crippen molar-refractivity contribution in [1.82, 2.24) is 9.29 Å². The van der Waals surface area contributed by atoms with Gasteiger partial charge in [-0.2, -0.15) is 0 Å². The second-order valence-corrected chi connectivity index (χ2v) is 8.58. The molecule has 0 unspecified atom stereocenters. The van der Waals surface area contributed by atoms with Crippen molar-refractivity contribution >= 4 is 32.5 Å². The van der Waals surface area contributed by atoms with E-state index in [1.165, 1.54) is 26.2 Å². The average molecular weight is 399 g/mol. The summed E-state index contributed by atoms with van der Waals surface area (Å²) in [6.45, 7) is 1.66. The molecular weight excluding hydrogens is 378 g/mol. The van der Waals surface area contributed by atoms with Crippen LogP contribution in [0.15, 0.2) is 59.5 Å². The van der Waals surface area contributed by atoms with Crippen LogP contribution in [0.25, 0.3) is 10.9 Å². The molecule has 0 fully saturated rings. The number of amides is 1. The van der Waals surface area contributed by atoms with E-state index in [-0.39, 0.29) is 11.5 Å². The van der Waals surface area contributed by atoms with Gasteiger partial charge < -0.3 is 10.1 Å². The minimum atomic E-state index is -3.58. The van der Waals surface area contributed by atoms with Gasteiger partial charge in [-0.3, -0.25) is 4.79 Å². The second-order valence-electron chi connectivity index (χ2n) is 6.43. The highest BCUT2D eigenvalue weighted by Crippen LogP contribution is 2.24. The van der Waals surface area contributed by atoms with Gasteiger partial charge in [-0.25, -0.2) is 17.7 Å². The summed E-state index contributed by atoms with van der Waals surface area (Å²) in [4.78, 5) is 16.8. The Morgan fingerprint density at radius 1 is 1.11 bits per heavy atom. The molecular formula is C20H21N3O4S. The van der Waals surface area contributed by atoms with Gasteiger partial charge in [0.15, 0.2) is 6.61 Å². The third-order valence-corrected chi connectivity index (χ3v) is 5.89. The van der Waals surface area contributed by atoms with E-state index < -0.39 is 15.9 Å². The largest absolute Gasteiger partial charge is 0.481 e. The average Bonchev–Trinajstić information content (AvgIpc) is 2.66. The lowest BCUT2D eigenvalue weighted by molar-refractivity contribution is -0.118. The zero-order chi connectivity index (χ0) is 20.3. The number of para-hydroxylation sites is 1. The molecule has 1 N–H and O–H groups in total. The molecule has 1 heterocycles. The third-order valence-electron chi connectivity index (χ3n) is 4.08. The number of carbonyl (C=O) groups is 1. The van der Waals surface area contributed by atoms with Crippen molar-refractivity contribution in [3.8, 4) is 5.75 Å². The van der Waals surface area contributed by atoms with Crippen LogP contribution in [0.3, 0.4) is 0 Å². The van der Waals surface area contributed by atoms with Crippen LogP contribution in [0, 0.1) is 6.92 Å².